The number of nitrogens with zero attached hydrogens (tertiary/aromatic N) is 1. The second kappa shape index (κ2) is 12.9. The van der Waals surface area contributed by atoms with Crippen molar-refractivity contribution >= 4 is 17.1 Å². The zero-order chi connectivity index (χ0) is 36.3. The molecule has 0 radical (unpaired) electrons. The van der Waals surface area contributed by atoms with Crippen LogP contribution in [0.15, 0.2) is 212 Å². The Bertz CT molecular complexity index is 2830. The molecule has 0 bridgehead atoms. The lowest BCUT2D eigenvalue weighted by atomic mass is 9.71. The van der Waals surface area contributed by atoms with Crippen LogP contribution >= 0.6 is 0 Å². The van der Waals surface area contributed by atoms with Crippen LogP contribution in [-0.2, 0) is 0 Å². The third-order valence-corrected chi connectivity index (χ3v) is 11.8. The van der Waals surface area contributed by atoms with Gasteiger partial charge < -0.3 is 4.90 Å². The molecule has 0 amide bonds. The molecule has 1 heteroatoms. The van der Waals surface area contributed by atoms with E-state index in [1.54, 1.807) is 0 Å². The molecule has 0 heterocycles. The van der Waals surface area contributed by atoms with Gasteiger partial charge in [-0.3, -0.25) is 0 Å². The minimum absolute atomic E-state index is 0.186. The average Bonchev–Trinajstić information content (AvgIpc) is 3.26. The van der Waals surface area contributed by atoms with Gasteiger partial charge in [0.1, 0.15) is 0 Å². The molecule has 0 saturated heterocycles. The maximum absolute atomic E-state index is 2.46. The molecule has 55 heavy (non-hydrogen) atoms. The van der Waals surface area contributed by atoms with Crippen molar-refractivity contribution in [2.75, 3.05) is 4.90 Å². The van der Waals surface area contributed by atoms with E-state index < -0.39 is 0 Å². The summed E-state index contributed by atoms with van der Waals surface area (Å²) >= 11 is 0. The summed E-state index contributed by atoms with van der Waals surface area (Å²) in [7, 11) is 0. The Morgan fingerprint density at radius 3 is 1.16 bits per heavy atom. The molecular weight excluding hydrogens is 663 g/mol. The Hall–Kier alpha value is -6.96. The van der Waals surface area contributed by atoms with Crippen molar-refractivity contribution in [1.82, 2.24) is 0 Å². The monoisotopic (exact) mass is 699 g/mol. The Morgan fingerprint density at radius 2 is 0.618 bits per heavy atom. The molecule has 0 aromatic heterocycles. The molecule has 3 aliphatic rings. The summed E-state index contributed by atoms with van der Waals surface area (Å²) in [5.74, 6) is 0.413. The number of fused-ring (bicyclic) bond motifs is 16. The van der Waals surface area contributed by atoms with Gasteiger partial charge in [-0.25, -0.2) is 0 Å². The molecule has 0 fully saturated rings. The summed E-state index contributed by atoms with van der Waals surface area (Å²) in [6.07, 6.45) is 9.25. The Morgan fingerprint density at radius 1 is 0.255 bits per heavy atom. The fourth-order valence-electron chi connectivity index (χ4n) is 9.41. The molecule has 8 aromatic carbocycles. The first-order valence-corrected chi connectivity index (χ1v) is 19.3. The summed E-state index contributed by atoms with van der Waals surface area (Å²) in [6.45, 7) is 0. The van der Waals surface area contributed by atoms with Gasteiger partial charge in [-0.05, 0) is 114 Å². The highest BCUT2D eigenvalue weighted by Crippen LogP contribution is 2.52. The minimum Gasteiger partial charge on any atom is -0.310 e. The van der Waals surface area contributed by atoms with Gasteiger partial charge in [-0.15, -0.1) is 0 Å². The van der Waals surface area contributed by atoms with Crippen LogP contribution in [0.3, 0.4) is 0 Å². The predicted molar refractivity (Wildman–Crippen MR) is 231 cm³/mol. The SMILES string of the molecule is C1=CC2c3ccccc3-c3ccccc3-c3ccc(N(c4ccccc4)c4ccc5c(c4)-c4ccccc4-c4ccccc4-c4ccccc4-5)cc3C2C=C1. The summed E-state index contributed by atoms with van der Waals surface area (Å²) in [6, 6.07) is 69.6. The maximum atomic E-state index is 2.46. The lowest BCUT2D eigenvalue weighted by Gasteiger charge is -2.34. The van der Waals surface area contributed by atoms with E-state index >= 15 is 0 Å². The molecule has 0 spiro atoms. The predicted octanol–water partition coefficient (Wildman–Crippen LogP) is 14.8. The fourth-order valence-corrected chi connectivity index (χ4v) is 9.41. The van der Waals surface area contributed by atoms with Crippen LogP contribution in [-0.4, -0.2) is 0 Å². The highest BCUT2D eigenvalue weighted by atomic mass is 15.1. The Kier molecular flexibility index (Phi) is 7.38. The van der Waals surface area contributed by atoms with E-state index in [4.69, 9.17) is 0 Å². The summed E-state index contributed by atoms with van der Waals surface area (Å²) < 4.78 is 0. The molecule has 8 aromatic rings. The molecule has 0 saturated carbocycles. The second-order valence-electron chi connectivity index (χ2n) is 14.8. The van der Waals surface area contributed by atoms with Crippen LogP contribution in [0, 0.1) is 0 Å². The van der Waals surface area contributed by atoms with Crippen LogP contribution in [0.25, 0.3) is 66.8 Å². The van der Waals surface area contributed by atoms with Gasteiger partial charge in [0.25, 0.3) is 0 Å². The van der Waals surface area contributed by atoms with Crippen molar-refractivity contribution in [1.29, 1.82) is 0 Å². The van der Waals surface area contributed by atoms with Crippen molar-refractivity contribution in [3.05, 3.63) is 223 Å². The largest absolute Gasteiger partial charge is 0.310 e. The standard InChI is InChI=1S/C54H37N/c1-2-16-36(17-3-1)55(37-30-32-51-47-26-10-8-22-43(47)39-18-4-6-20-41(39)45-24-12-14-28-49(45)53(51)34-37)38-31-33-52-48-27-11-9-23-44(48)40-19-5-7-21-42(40)46-25-13-15-29-50(46)54(52)35-38/h1-35,45,49H. The Labute approximate surface area is 322 Å². The molecule has 1 nitrogen and oxygen atoms in total. The van der Waals surface area contributed by atoms with Crippen molar-refractivity contribution in [2.45, 2.75) is 11.8 Å². The third kappa shape index (κ3) is 5.08. The quantitative estimate of drug-likeness (QED) is 0.177. The zero-order valence-corrected chi connectivity index (χ0v) is 30.3. The van der Waals surface area contributed by atoms with Crippen molar-refractivity contribution < 1.29 is 0 Å². The topological polar surface area (TPSA) is 3.24 Å². The first kappa shape index (κ1) is 31.6. The molecular formula is C54H37N. The first-order valence-electron chi connectivity index (χ1n) is 19.3. The molecule has 11 rings (SSSR count). The highest BCUT2D eigenvalue weighted by molar-refractivity contribution is 6.04. The van der Waals surface area contributed by atoms with E-state index in [2.05, 4.69) is 217 Å². The van der Waals surface area contributed by atoms with E-state index in [0.717, 1.165) is 17.1 Å². The second-order valence-corrected chi connectivity index (χ2v) is 14.8. The normalized spacial score (nSPS) is 15.5. The lowest BCUT2D eigenvalue weighted by Crippen LogP contribution is -2.16. The molecule has 3 aliphatic carbocycles. The van der Waals surface area contributed by atoms with Crippen LogP contribution in [0.4, 0.5) is 17.1 Å². The number of para-hydroxylation sites is 1. The number of anilines is 3. The average molecular weight is 700 g/mol. The van der Waals surface area contributed by atoms with Crippen molar-refractivity contribution in [3.8, 4) is 66.8 Å². The van der Waals surface area contributed by atoms with Gasteiger partial charge in [0.05, 0.1) is 0 Å². The van der Waals surface area contributed by atoms with E-state index in [1.807, 2.05) is 0 Å². The van der Waals surface area contributed by atoms with Gasteiger partial charge in [0.15, 0.2) is 0 Å². The molecule has 2 atom stereocenters. The van der Waals surface area contributed by atoms with Gasteiger partial charge >= 0.3 is 0 Å². The smallest absolute Gasteiger partial charge is 0.0468 e. The number of rotatable bonds is 3. The summed E-state index contributed by atoms with van der Waals surface area (Å²) in [5, 5.41) is 0. The molecule has 258 valence electrons. The molecule has 0 aliphatic heterocycles. The summed E-state index contributed by atoms with van der Waals surface area (Å²) in [5.41, 5.74) is 21.3. The van der Waals surface area contributed by atoms with Crippen LogP contribution in [0.2, 0.25) is 0 Å². The van der Waals surface area contributed by atoms with Gasteiger partial charge in [0.2, 0.25) is 0 Å². The highest BCUT2D eigenvalue weighted by Gasteiger charge is 2.31. The third-order valence-electron chi connectivity index (χ3n) is 11.8. The van der Waals surface area contributed by atoms with Crippen molar-refractivity contribution in [2.24, 2.45) is 0 Å². The van der Waals surface area contributed by atoms with Crippen LogP contribution in [0.1, 0.15) is 23.0 Å². The van der Waals surface area contributed by atoms with Gasteiger partial charge in [0, 0.05) is 28.9 Å². The number of hydrogen-bond acceptors (Lipinski definition) is 1. The maximum Gasteiger partial charge on any atom is 0.0468 e. The minimum atomic E-state index is 0.186. The number of benzene rings is 8. The first-order chi connectivity index (χ1) is 27.3. The van der Waals surface area contributed by atoms with E-state index in [0.29, 0.717) is 0 Å². The molecule has 2 unspecified atom stereocenters. The number of hydrogen-bond donors (Lipinski definition) is 0. The lowest BCUT2D eigenvalue weighted by molar-refractivity contribution is 0.731. The Balaban J connectivity index is 1.15. The van der Waals surface area contributed by atoms with Gasteiger partial charge in [-0.2, -0.15) is 0 Å². The zero-order valence-electron chi connectivity index (χ0n) is 30.3. The fraction of sp³-hybridized carbons (Fsp3) is 0.0370. The molecule has 0 N–H and O–H groups in total. The van der Waals surface area contributed by atoms with Gasteiger partial charge in [-0.1, -0.05) is 176 Å². The van der Waals surface area contributed by atoms with Crippen LogP contribution in [0.5, 0.6) is 0 Å². The van der Waals surface area contributed by atoms with Crippen LogP contribution < -0.4 is 4.90 Å². The van der Waals surface area contributed by atoms with E-state index in [9.17, 15) is 0 Å². The van der Waals surface area contributed by atoms with E-state index in [1.165, 1.54) is 77.9 Å². The number of allylic oxidation sites excluding steroid dienone is 4. The summed E-state index contributed by atoms with van der Waals surface area (Å²) in [4.78, 5) is 2.44. The van der Waals surface area contributed by atoms with Crippen molar-refractivity contribution in [3.63, 3.8) is 0 Å². The van der Waals surface area contributed by atoms with E-state index in [-0.39, 0.29) is 11.8 Å².